The summed E-state index contributed by atoms with van der Waals surface area (Å²) in [6.45, 7) is 6.81. The minimum Gasteiger partial charge on any atom is -0.354 e. The van der Waals surface area contributed by atoms with Crippen LogP contribution in [0, 0.1) is 0 Å². The summed E-state index contributed by atoms with van der Waals surface area (Å²) in [5.74, 6) is 0.182. The summed E-state index contributed by atoms with van der Waals surface area (Å²) >= 11 is 1.55. The molecule has 2 aliphatic rings. The summed E-state index contributed by atoms with van der Waals surface area (Å²) in [7, 11) is 1.89. The zero-order valence-corrected chi connectivity index (χ0v) is 15.8. The second-order valence-electron chi connectivity index (χ2n) is 6.96. The van der Waals surface area contributed by atoms with Crippen LogP contribution in [-0.4, -0.2) is 79.4 Å². The second kappa shape index (κ2) is 8.78. The van der Waals surface area contributed by atoms with Crippen molar-refractivity contribution in [2.75, 3.05) is 52.9 Å². The highest BCUT2D eigenvalue weighted by molar-refractivity contribution is 7.14. The van der Waals surface area contributed by atoms with Crippen LogP contribution in [0.5, 0.6) is 0 Å². The topological polar surface area (TPSA) is 55.9 Å². The quantitative estimate of drug-likeness (QED) is 0.825. The Morgan fingerprint density at radius 1 is 1.20 bits per heavy atom. The zero-order valence-electron chi connectivity index (χ0n) is 15.0. The third-order valence-corrected chi connectivity index (χ3v) is 5.97. The molecule has 138 valence electrons. The summed E-state index contributed by atoms with van der Waals surface area (Å²) in [6, 6.07) is 3.94. The van der Waals surface area contributed by atoms with E-state index in [-0.39, 0.29) is 11.8 Å². The molecule has 2 aliphatic heterocycles. The molecular formula is C18H28N4O2S. The van der Waals surface area contributed by atoms with Crippen LogP contribution in [0.25, 0.3) is 0 Å². The van der Waals surface area contributed by atoms with Gasteiger partial charge in [0.2, 0.25) is 5.91 Å². The fourth-order valence-corrected chi connectivity index (χ4v) is 4.43. The van der Waals surface area contributed by atoms with Gasteiger partial charge in [0.15, 0.2) is 0 Å². The van der Waals surface area contributed by atoms with Gasteiger partial charge in [-0.05, 0) is 38.1 Å². The smallest absolute Gasteiger partial charge is 0.263 e. The fraction of sp³-hybridized carbons (Fsp3) is 0.667. The summed E-state index contributed by atoms with van der Waals surface area (Å²) in [4.78, 5) is 32.4. The molecule has 2 saturated heterocycles. The standard InChI is InChI=1S/C18H28N4O2S/c1-20(11-12-21-8-3-2-4-9-21)18(24)16-6-5-15(25-16)13-22-10-7-19-17(23)14-22/h5-6H,2-4,7-14H2,1H3,(H,19,23). The van der Waals surface area contributed by atoms with Crippen molar-refractivity contribution in [1.29, 1.82) is 0 Å². The van der Waals surface area contributed by atoms with Crippen LogP contribution in [0.2, 0.25) is 0 Å². The maximum Gasteiger partial charge on any atom is 0.263 e. The van der Waals surface area contributed by atoms with E-state index in [1.54, 1.807) is 11.3 Å². The SMILES string of the molecule is CN(CCN1CCCCC1)C(=O)c1ccc(CN2CCNC(=O)C2)s1. The molecule has 25 heavy (non-hydrogen) atoms. The van der Waals surface area contributed by atoms with Crippen molar-refractivity contribution >= 4 is 23.2 Å². The van der Waals surface area contributed by atoms with Gasteiger partial charge in [-0.25, -0.2) is 0 Å². The number of likely N-dealkylation sites (tertiary alicyclic amines) is 1. The van der Waals surface area contributed by atoms with Crippen molar-refractivity contribution in [3.8, 4) is 0 Å². The predicted octanol–water partition coefficient (Wildman–Crippen LogP) is 1.24. The maximum absolute atomic E-state index is 12.6. The van der Waals surface area contributed by atoms with E-state index in [0.29, 0.717) is 13.1 Å². The largest absolute Gasteiger partial charge is 0.354 e. The molecule has 0 aliphatic carbocycles. The van der Waals surface area contributed by atoms with E-state index in [0.717, 1.165) is 49.0 Å². The molecule has 0 atom stereocenters. The molecule has 2 fully saturated rings. The molecule has 7 heteroatoms. The first-order chi connectivity index (χ1) is 12.1. The van der Waals surface area contributed by atoms with Gasteiger partial charge in [-0.1, -0.05) is 6.42 Å². The number of piperidine rings is 1. The lowest BCUT2D eigenvalue weighted by atomic mass is 10.1. The first kappa shape index (κ1) is 18.4. The normalized spacial score (nSPS) is 19.6. The number of hydrogen-bond acceptors (Lipinski definition) is 5. The van der Waals surface area contributed by atoms with Crippen molar-refractivity contribution in [2.24, 2.45) is 0 Å². The third kappa shape index (κ3) is 5.26. The van der Waals surface area contributed by atoms with E-state index in [9.17, 15) is 9.59 Å². The van der Waals surface area contributed by atoms with Crippen molar-refractivity contribution < 1.29 is 9.59 Å². The number of carbonyl (C=O) groups is 2. The summed E-state index contributed by atoms with van der Waals surface area (Å²) in [5, 5.41) is 2.84. The van der Waals surface area contributed by atoms with Crippen molar-refractivity contribution in [3.63, 3.8) is 0 Å². The average molecular weight is 365 g/mol. The number of thiophene rings is 1. The molecule has 0 bridgehead atoms. The molecule has 2 amide bonds. The van der Waals surface area contributed by atoms with Gasteiger partial charge in [0.25, 0.3) is 5.91 Å². The van der Waals surface area contributed by atoms with Crippen molar-refractivity contribution in [3.05, 3.63) is 21.9 Å². The monoisotopic (exact) mass is 364 g/mol. The van der Waals surface area contributed by atoms with Gasteiger partial charge in [-0.3, -0.25) is 14.5 Å². The first-order valence-electron chi connectivity index (χ1n) is 9.17. The molecule has 6 nitrogen and oxygen atoms in total. The molecule has 0 unspecified atom stereocenters. The van der Waals surface area contributed by atoms with Crippen LogP contribution < -0.4 is 5.32 Å². The van der Waals surface area contributed by atoms with Gasteiger partial charge >= 0.3 is 0 Å². The number of piperazine rings is 1. The second-order valence-corrected chi connectivity index (χ2v) is 8.12. The summed E-state index contributed by atoms with van der Waals surface area (Å²) < 4.78 is 0. The lowest BCUT2D eigenvalue weighted by Crippen LogP contribution is -2.46. The molecule has 0 saturated carbocycles. The molecule has 1 aromatic rings. The lowest BCUT2D eigenvalue weighted by molar-refractivity contribution is -0.124. The van der Waals surface area contributed by atoms with E-state index in [1.807, 2.05) is 24.1 Å². The number of likely N-dealkylation sites (N-methyl/N-ethyl adjacent to an activating group) is 1. The van der Waals surface area contributed by atoms with Crippen LogP contribution in [0.1, 0.15) is 33.8 Å². The van der Waals surface area contributed by atoms with Crippen LogP contribution >= 0.6 is 11.3 Å². The van der Waals surface area contributed by atoms with Gasteiger partial charge in [-0.15, -0.1) is 11.3 Å². The van der Waals surface area contributed by atoms with Gasteiger partial charge in [0.1, 0.15) is 0 Å². The van der Waals surface area contributed by atoms with Crippen molar-refractivity contribution in [1.82, 2.24) is 20.0 Å². The van der Waals surface area contributed by atoms with E-state index < -0.39 is 0 Å². The average Bonchev–Trinajstić information content (AvgIpc) is 3.08. The fourth-order valence-electron chi connectivity index (χ4n) is 3.39. The number of nitrogens with one attached hydrogen (secondary N) is 1. The van der Waals surface area contributed by atoms with E-state index >= 15 is 0 Å². The molecule has 3 heterocycles. The van der Waals surface area contributed by atoms with Gasteiger partial charge in [0.05, 0.1) is 11.4 Å². The van der Waals surface area contributed by atoms with Gasteiger partial charge in [-0.2, -0.15) is 0 Å². The van der Waals surface area contributed by atoms with Gasteiger partial charge in [0, 0.05) is 44.6 Å². The predicted molar refractivity (Wildman–Crippen MR) is 99.9 cm³/mol. The number of rotatable bonds is 6. The number of carbonyl (C=O) groups excluding carboxylic acids is 2. The molecule has 1 aromatic heterocycles. The Balaban J connectivity index is 1.48. The van der Waals surface area contributed by atoms with Gasteiger partial charge < -0.3 is 15.1 Å². The Hall–Kier alpha value is -1.44. The molecule has 0 aromatic carbocycles. The Morgan fingerprint density at radius 2 is 2.00 bits per heavy atom. The van der Waals surface area contributed by atoms with Crippen molar-refractivity contribution in [2.45, 2.75) is 25.8 Å². The van der Waals surface area contributed by atoms with E-state index in [2.05, 4.69) is 15.1 Å². The Kier molecular flexibility index (Phi) is 6.45. The van der Waals surface area contributed by atoms with Crippen LogP contribution in [0.3, 0.4) is 0 Å². The molecule has 1 N–H and O–H groups in total. The third-order valence-electron chi connectivity index (χ3n) is 4.92. The highest BCUT2D eigenvalue weighted by atomic mass is 32.1. The molecule has 0 spiro atoms. The minimum atomic E-state index is 0.0801. The Morgan fingerprint density at radius 3 is 2.76 bits per heavy atom. The highest BCUT2D eigenvalue weighted by Gasteiger charge is 2.19. The number of hydrogen-bond donors (Lipinski definition) is 1. The highest BCUT2D eigenvalue weighted by Crippen LogP contribution is 2.20. The van der Waals surface area contributed by atoms with Crippen LogP contribution in [-0.2, 0) is 11.3 Å². The molecule has 3 rings (SSSR count). The maximum atomic E-state index is 12.6. The molecule has 0 radical (unpaired) electrons. The summed E-state index contributed by atoms with van der Waals surface area (Å²) in [5.41, 5.74) is 0. The van der Waals surface area contributed by atoms with Crippen LogP contribution in [0.4, 0.5) is 0 Å². The van der Waals surface area contributed by atoms with E-state index in [4.69, 9.17) is 0 Å². The Labute approximate surface area is 153 Å². The summed E-state index contributed by atoms with van der Waals surface area (Å²) in [6.07, 6.45) is 3.89. The lowest BCUT2D eigenvalue weighted by Gasteiger charge is -2.28. The first-order valence-corrected chi connectivity index (χ1v) is 9.99. The number of amides is 2. The zero-order chi connectivity index (χ0) is 17.6. The Bertz CT molecular complexity index is 598. The van der Waals surface area contributed by atoms with Crippen LogP contribution in [0.15, 0.2) is 12.1 Å². The van der Waals surface area contributed by atoms with E-state index in [1.165, 1.54) is 19.3 Å². The number of nitrogens with zero attached hydrogens (tertiary/aromatic N) is 3. The molecular weight excluding hydrogens is 336 g/mol. The minimum absolute atomic E-state index is 0.0801.